The van der Waals surface area contributed by atoms with E-state index in [4.69, 9.17) is 0 Å². The monoisotopic (exact) mass is 257 g/mol. The lowest BCUT2D eigenvalue weighted by Crippen LogP contribution is -2.08. The molecule has 0 unspecified atom stereocenters. The molecule has 0 aliphatic rings. The average molecular weight is 257 g/mol. The van der Waals surface area contributed by atoms with Crippen molar-refractivity contribution in [2.45, 2.75) is 13.3 Å². The van der Waals surface area contributed by atoms with E-state index in [1.54, 1.807) is 11.3 Å². The van der Waals surface area contributed by atoms with Gasteiger partial charge in [-0.2, -0.15) is 11.3 Å². The number of carbonyl (C=O) groups is 1. The summed E-state index contributed by atoms with van der Waals surface area (Å²) in [6, 6.07) is 10.1. The second kappa shape index (κ2) is 6.17. The third kappa shape index (κ3) is 3.86. The van der Waals surface area contributed by atoms with Gasteiger partial charge in [0.1, 0.15) is 0 Å². The molecule has 1 aromatic carbocycles. The molecule has 0 aliphatic carbocycles. The third-order valence-corrected chi connectivity index (χ3v) is 3.18. The van der Waals surface area contributed by atoms with E-state index in [0.717, 1.165) is 11.3 Å². The minimum absolute atomic E-state index is 0.0109. The van der Waals surface area contributed by atoms with Gasteiger partial charge in [-0.15, -0.1) is 0 Å². The molecule has 0 bridgehead atoms. The van der Waals surface area contributed by atoms with E-state index in [9.17, 15) is 4.79 Å². The van der Waals surface area contributed by atoms with Crippen LogP contribution in [0.25, 0.3) is 6.08 Å². The van der Waals surface area contributed by atoms with Gasteiger partial charge in [-0.05, 0) is 23.9 Å². The Bertz CT molecular complexity index is 526. The smallest absolute Gasteiger partial charge is 0.228 e. The zero-order chi connectivity index (χ0) is 12.8. The van der Waals surface area contributed by atoms with Gasteiger partial charge in [0.05, 0.1) is 5.69 Å². The summed E-state index contributed by atoms with van der Waals surface area (Å²) in [5.41, 5.74) is 3.22. The molecule has 3 heteroatoms. The third-order valence-electron chi connectivity index (χ3n) is 2.50. The molecule has 0 spiro atoms. The highest BCUT2D eigenvalue weighted by molar-refractivity contribution is 7.08. The topological polar surface area (TPSA) is 29.1 Å². The van der Waals surface area contributed by atoms with Gasteiger partial charge in [-0.3, -0.25) is 4.79 Å². The Morgan fingerprint density at radius 3 is 2.72 bits per heavy atom. The highest BCUT2D eigenvalue weighted by atomic mass is 32.1. The highest BCUT2D eigenvalue weighted by Gasteiger charge is 1.99. The van der Waals surface area contributed by atoms with Crippen LogP contribution in [-0.4, -0.2) is 5.91 Å². The van der Waals surface area contributed by atoms with Crippen molar-refractivity contribution < 1.29 is 4.79 Å². The summed E-state index contributed by atoms with van der Waals surface area (Å²) >= 11 is 1.57. The second-order valence-electron chi connectivity index (χ2n) is 4.08. The Morgan fingerprint density at radius 1 is 1.28 bits per heavy atom. The lowest BCUT2D eigenvalue weighted by molar-refractivity contribution is -0.115. The molecule has 0 atom stereocenters. The number of nitrogens with one attached hydrogen (secondary N) is 1. The Balaban J connectivity index is 1.84. The molecule has 0 aliphatic heterocycles. The fraction of sp³-hybridized carbons (Fsp3) is 0.133. The van der Waals surface area contributed by atoms with Crippen LogP contribution in [0.15, 0.2) is 47.2 Å². The van der Waals surface area contributed by atoms with E-state index >= 15 is 0 Å². The van der Waals surface area contributed by atoms with Crippen molar-refractivity contribution in [2.75, 3.05) is 5.32 Å². The second-order valence-corrected chi connectivity index (χ2v) is 4.86. The van der Waals surface area contributed by atoms with E-state index in [-0.39, 0.29) is 5.91 Å². The Kier molecular flexibility index (Phi) is 4.31. The maximum absolute atomic E-state index is 11.6. The quantitative estimate of drug-likeness (QED) is 0.877. The van der Waals surface area contributed by atoms with Crippen LogP contribution in [0, 0.1) is 6.92 Å². The van der Waals surface area contributed by atoms with E-state index in [0.29, 0.717) is 6.42 Å². The summed E-state index contributed by atoms with van der Waals surface area (Å²) in [6.07, 6.45) is 4.24. The molecule has 1 heterocycles. The van der Waals surface area contributed by atoms with Gasteiger partial charge < -0.3 is 5.32 Å². The zero-order valence-electron chi connectivity index (χ0n) is 10.2. The number of carbonyl (C=O) groups excluding carboxylic acids is 1. The first-order chi connectivity index (χ1) is 8.74. The summed E-state index contributed by atoms with van der Waals surface area (Å²) < 4.78 is 0. The average Bonchev–Trinajstić information content (AvgIpc) is 2.84. The Hall–Kier alpha value is -1.87. The molecule has 1 aromatic heterocycles. The van der Waals surface area contributed by atoms with Crippen LogP contribution in [0.1, 0.15) is 17.5 Å². The Morgan fingerprint density at radius 2 is 2.06 bits per heavy atom. The van der Waals surface area contributed by atoms with Crippen LogP contribution < -0.4 is 5.32 Å². The van der Waals surface area contributed by atoms with Crippen LogP contribution in [0.4, 0.5) is 5.69 Å². The van der Waals surface area contributed by atoms with Crippen molar-refractivity contribution in [1.29, 1.82) is 0 Å². The number of thiophene rings is 1. The molecule has 1 N–H and O–H groups in total. The largest absolute Gasteiger partial charge is 0.325 e. The number of amides is 1. The fourth-order valence-electron chi connectivity index (χ4n) is 1.53. The lowest BCUT2D eigenvalue weighted by atomic mass is 10.1. The van der Waals surface area contributed by atoms with E-state index in [2.05, 4.69) is 24.4 Å². The summed E-state index contributed by atoms with van der Waals surface area (Å²) in [5.74, 6) is 0.0109. The first-order valence-electron chi connectivity index (χ1n) is 5.79. The summed E-state index contributed by atoms with van der Waals surface area (Å²) in [7, 11) is 0. The van der Waals surface area contributed by atoms with E-state index in [1.165, 1.54) is 5.56 Å². The van der Waals surface area contributed by atoms with Gasteiger partial charge >= 0.3 is 0 Å². The van der Waals surface area contributed by atoms with Crippen molar-refractivity contribution in [3.8, 4) is 0 Å². The minimum Gasteiger partial charge on any atom is -0.325 e. The van der Waals surface area contributed by atoms with Crippen molar-refractivity contribution >= 4 is 29.0 Å². The van der Waals surface area contributed by atoms with Crippen LogP contribution in [-0.2, 0) is 4.79 Å². The number of benzene rings is 1. The molecule has 0 saturated heterocycles. The predicted molar refractivity (Wildman–Crippen MR) is 77.8 cm³/mol. The first-order valence-corrected chi connectivity index (χ1v) is 6.73. The number of rotatable bonds is 4. The number of anilines is 1. The normalized spacial score (nSPS) is 10.7. The molecular formula is C15H15NOS. The first kappa shape index (κ1) is 12.6. The van der Waals surface area contributed by atoms with Gasteiger partial charge in [0.2, 0.25) is 5.91 Å². The standard InChI is InChI=1S/C15H15NOS/c1-12-5-7-13(8-6-12)3-2-4-15(17)16-14-9-10-18-11-14/h2-3,5-11H,4H2,1H3,(H,16,17). The minimum atomic E-state index is 0.0109. The predicted octanol–water partition coefficient (Wildman–Crippen LogP) is 4.10. The number of hydrogen-bond donors (Lipinski definition) is 1. The van der Waals surface area contributed by atoms with Crippen molar-refractivity contribution in [2.24, 2.45) is 0 Å². The zero-order valence-corrected chi connectivity index (χ0v) is 11.0. The number of hydrogen-bond acceptors (Lipinski definition) is 2. The van der Waals surface area contributed by atoms with Crippen LogP contribution in [0.2, 0.25) is 0 Å². The Labute approximate surface area is 111 Å². The van der Waals surface area contributed by atoms with Crippen LogP contribution in [0.3, 0.4) is 0 Å². The molecule has 2 aromatic rings. The lowest BCUT2D eigenvalue weighted by Gasteiger charge is -1.99. The van der Waals surface area contributed by atoms with Crippen molar-refractivity contribution in [1.82, 2.24) is 0 Å². The molecule has 2 rings (SSSR count). The molecule has 18 heavy (non-hydrogen) atoms. The molecule has 1 amide bonds. The molecule has 2 nitrogen and oxygen atoms in total. The maximum atomic E-state index is 11.6. The molecule has 0 fully saturated rings. The highest BCUT2D eigenvalue weighted by Crippen LogP contribution is 2.12. The summed E-state index contributed by atoms with van der Waals surface area (Å²) in [5, 5.41) is 6.70. The maximum Gasteiger partial charge on any atom is 0.228 e. The van der Waals surface area contributed by atoms with E-state index < -0.39 is 0 Å². The molecule has 92 valence electrons. The molecular weight excluding hydrogens is 242 g/mol. The fourth-order valence-corrected chi connectivity index (χ4v) is 2.12. The van der Waals surface area contributed by atoms with Gasteiger partial charge in [0, 0.05) is 11.8 Å². The van der Waals surface area contributed by atoms with Gasteiger partial charge in [0.25, 0.3) is 0 Å². The summed E-state index contributed by atoms with van der Waals surface area (Å²) in [6.45, 7) is 2.06. The van der Waals surface area contributed by atoms with Crippen molar-refractivity contribution in [3.63, 3.8) is 0 Å². The molecule has 0 saturated carbocycles. The van der Waals surface area contributed by atoms with Gasteiger partial charge in [-0.1, -0.05) is 42.0 Å². The van der Waals surface area contributed by atoms with Crippen LogP contribution >= 0.6 is 11.3 Å². The van der Waals surface area contributed by atoms with Crippen LogP contribution in [0.5, 0.6) is 0 Å². The number of aryl methyl sites for hydroxylation is 1. The van der Waals surface area contributed by atoms with E-state index in [1.807, 2.05) is 41.1 Å². The SMILES string of the molecule is Cc1ccc(C=CCC(=O)Nc2ccsc2)cc1. The summed E-state index contributed by atoms with van der Waals surface area (Å²) in [4.78, 5) is 11.6. The van der Waals surface area contributed by atoms with Crippen molar-refractivity contribution in [3.05, 3.63) is 58.3 Å². The van der Waals surface area contributed by atoms with Gasteiger partial charge in [-0.25, -0.2) is 0 Å². The van der Waals surface area contributed by atoms with Gasteiger partial charge in [0.15, 0.2) is 0 Å². The molecule has 0 radical (unpaired) electrons.